The fourth-order valence-corrected chi connectivity index (χ4v) is 3.16. The van der Waals surface area contributed by atoms with Crippen molar-refractivity contribution in [2.75, 3.05) is 19.0 Å². The molecule has 0 bridgehead atoms. The second-order valence-corrected chi connectivity index (χ2v) is 6.05. The third kappa shape index (κ3) is 3.82. The fraction of sp³-hybridized carbons (Fsp3) is 0.300. The van der Waals surface area contributed by atoms with Gasteiger partial charge in [0.15, 0.2) is 0 Å². The lowest BCUT2D eigenvalue weighted by Gasteiger charge is -2.34. The van der Waals surface area contributed by atoms with Gasteiger partial charge >= 0.3 is 0 Å². The third-order valence-electron chi connectivity index (χ3n) is 4.40. The first-order chi connectivity index (χ1) is 12.2. The number of anilines is 1. The summed E-state index contributed by atoms with van der Waals surface area (Å²) in [5.74, 6) is 0.383. The molecule has 2 amide bonds. The van der Waals surface area contributed by atoms with Crippen molar-refractivity contribution in [3.05, 3.63) is 60.2 Å². The molecule has 0 radical (unpaired) electrons. The Morgan fingerprint density at radius 3 is 2.52 bits per heavy atom. The van der Waals surface area contributed by atoms with Crippen LogP contribution in [0.1, 0.15) is 30.9 Å². The quantitative estimate of drug-likeness (QED) is 0.909. The number of ether oxygens (including phenoxy) is 1. The number of benzene rings is 2. The van der Waals surface area contributed by atoms with Crippen LogP contribution in [0.25, 0.3) is 0 Å². The van der Waals surface area contributed by atoms with Gasteiger partial charge in [-0.3, -0.25) is 9.59 Å². The molecule has 0 aromatic heterocycles. The molecule has 1 fully saturated rings. The van der Waals surface area contributed by atoms with Gasteiger partial charge < -0.3 is 15.0 Å². The molecule has 0 unspecified atom stereocenters. The maximum absolute atomic E-state index is 13.1. The summed E-state index contributed by atoms with van der Waals surface area (Å²) in [6.45, 7) is 0.595. The molecule has 1 aliphatic rings. The summed E-state index contributed by atoms with van der Waals surface area (Å²) in [4.78, 5) is 27.2. The lowest BCUT2D eigenvalue weighted by molar-refractivity contribution is -0.141. The first kappa shape index (κ1) is 17.0. The Kier molecular flexibility index (Phi) is 5.33. The van der Waals surface area contributed by atoms with Crippen LogP contribution in [0.4, 0.5) is 5.69 Å². The van der Waals surface area contributed by atoms with Crippen LogP contribution in [0.15, 0.2) is 54.6 Å². The van der Waals surface area contributed by atoms with Crippen LogP contribution in [0.5, 0.6) is 5.75 Å². The Morgan fingerprint density at radius 1 is 1.08 bits per heavy atom. The van der Waals surface area contributed by atoms with Gasteiger partial charge in [0.2, 0.25) is 5.91 Å². The highest BCUT2D eigenvalue weighted by atomic mass is 16.5. The van der Waals surface area contributed by atoms with Crippen LogP contribution >= 0.6 is 0 Å². The van der Waals surface area contributed by atoms with Crippen molar-refractivity contribution in [2.45, 2.75) is 25.3 Å². The second-order valence-electron chi connectivity index (χ2n) is 6.05. The average molecular weight is 338 g/mol. The number of rotatable bonds is 5. The van der Waals surface area contributed by atoms with Gasteiger partial charge in [-0.1, -0.05) is 42.5 Å². The zero-order valence-corrected chi connectivity index (χ0v) is 14.3. The van der Waals surface area contributed by atoms with E-state index in [1.165, 1.54) is 0 Å². The number of nitrogens with zero attached hydrogens (tertiary/aromatic N) is 1. The molecule has 0 spiro atoms. The van der Waals surface area contributed by atoms with Gasteiger partial charge in [-0.05, 0) is 30.5 Å². The number of amides is 2. The molecule has 1 saturated heterocycles. The van der Waals surface area contributed by atoms with Crippen LogP contribution in [0, 0.1) is 0 Å². The van der Waals surface area contributed by atoms with E-state index >= 15 is 0 Å². The first-order valence-electron chi connectivity index (χ1n) is 8.49. The van der Waals surface area contributed by atoms with Crippen molar-refractivity contribution in [3.8, 4) is 5.75 Å². The standard InChI is InChI=1S/C20H22N2O3/c1-25-17-12-6-5-11-16(17)21-20(24)19(15-9-3-2-4-10-15)22-14-8-7-13-18(22)23/h2-6,9-12,19H,7-8,13-14H2,1H3,(H,21,24)/t19-/m0/s1. The fourth-order valence-electron chi connectivity index (χ4n) is 3.16. The topological polar surface area (TPSA) is 58.6 Å². The van der Waals surface area contributed by atoms with Crippen molar-refractivity contribution >= 4 is 17.5 Å². The molecule has 5 heteroatoms. The van der Waals surface area contributed by atoms with Gasteiger partial charge in [-0.15, -0.1) is 0 Å². The Balaban J connectivity index is 1.91. The van der Waals surface area contributed by atoms with Gasteiger partial charge in [0.1, 0.15) is 11.8 Å². The normalized spacial score (nSPS) is 15.6. The molecule has 130 valence electrons. The van der Waals surface area contributed by atoms with Gasteiger partial charge in [0, 0.05) is 13.0 Å². The third-order valence-corrected chi connectivity index (χ3v) is 4.40. The maximum atomic E-state index is 13.1. The number of piperidine rings is 1. The zero-order chi connectivity index (χ0) is 17.6. The minimum atomic E-state index is -0.640. The highest BCUT2D eigenvalue weighted by Crippen LogP contribution is 2.29. The molecule has 25 heavy (non-hydrogen) atoms. The van der Waals surface area contributed by atoms with E-state index in [2.05, 4.69) is 5.32 Å². The number of likely N-dealkylation sites (tertiary alicyclic amines) is 1. The second kappa shape index (κ2) is 7.83. The molecule has 2 aromatic carbocycles. The number of para-hydroxylation sites is 2. The molecule has 1 aliphatic heterocycles. The van der Waals surface area contributed by atoms with Crippen LogP contribution in [-0.2, 0) is 9.59 Å². The van der Waals surface area contributed by atoms with Crippen LogP contribution < -0.4 is 10.1 Å². The molecule has 3 rings (SSSR count). The Bertz CT molecular complexity index is 746. The molecular weight excluding hydrogens is 316 g/mol. The lowest BCUT2D eigenvalue weighted by Crippen LogP contribution is -2.43. The molecule has 2 aromatic rings. The minimum absolute atomic E-state index is 0.0234. The Hall–Kier alpha value is -2.82. The zero-order valence-electron chi connectivity index (χ0n) is 14.3. The predicted octanol–water partition coefficient (Wildman–Crippen LogP) is 3.39. The smallest absolute Gasteiger partial charge is 0.251 e. The summed E-state index contributed by atoms with van der Waals surface area (Å²) in [6, 6.07) is 16.0. The number of methoxy groups -OCH3 is 1. The van der Waals surface area contributed by atoms with Crippen LogP contribution in [0.3, 0.4) is 0 Å². The van der Waals surface area contributed by atoms with Gasteiger partial charge in [0.25, 0.3) is 5.91 Å². The maximum Gasteiger partial charge on any atom is 0.251 e. The van der Waals surface area contributed by atoms with E-state index in [1.54, 1.807) is 24.1 Å². The molecule has 1 atom stereocenters. The Morgan fingerprint density at radius 2 is 1.80 bits per heavy atom. The lowest BCUT2D eigenvalue weighted by atomic mass is 10.0. The minimum Gasteiger partial charge on any atom is -0.495 e. The van der Waals surface area contributed by atoms with Crippen molar-refractivity contribution < 1.29 is 14.3 Å². The number of carbonyl (C=O) groups is 2. The van der Waals surface area contributed by atoms with Crippen molar-refractivity contribution in [3.63, 3.8) is 0 Å². The number of carbonyl (C=O) groups excluding carboxylic acids is 2. The van der Waals surface area contributed by atoms with Crippen molar-refractivity contribution in [1.29, 1.82) is 0 Å². The summed E-state index contributed by atoms with van der Waals surface area (Å²) in [5, 5.41) is 2.92. The molecule has 0 saturated carbocycles. The van der Waals surface area contributed by atoms with Crippen molar-refractivity contribution in [1.82, 2.24) is 4.90 Å². The average Bonchev–Trinajstić information content (AvgIpc) is 2.65. The molecule has 1 N–H and O–H groups in total. The molecule has 5 nitrogen and oxygen atoms in total. The largest absolute Gasteiger partial charge is 0.495 e. The number of hydrogen-bond acceptors (Lipinski definition) is 3. The molecular formula is C20H22N2O3. The van der Waals surface area contributed by atoms with E-state index in [0.29, 0.717) is 24.4 Å². The van der Waals surface area contributed by atoms with Crippen LogP contribution in [0.2, 0.25) is 0 Å². The van der Waals surface area contributed by atoms with E-state index in [4.69, 9.17) is 4.74 Å². The van der Waals surface area contributed by atoms with Gasteiger partial charge in [-0.2, -0.15) is 0 Å². The molecule has 1 heterocycles. The van der Waals surface area contributed by atoms with Crippen molar-refractivity contribution in [2.24, 2.45) is 0 Å². The van der Waals surface area contributed by atoms with Crippen LogP contribution in [-0.4, -0.2) is 30.4 Å². The monoisotopic (exact) mass is 338 g/mol. The van der Waals surface area contributed by atoms with Gasteiger partial charge in [-0.25, -0.2) is 0 Å². The Labute approximate surface area is 147 Å². The number of hydrogen-bond donors (Lipinski definition) is 1. The van der Waals surface area contributed by atoms with E-state index in [0.717, 1.165) is 18.4 Å². The van der Waals surface area contributed by atoms with E-state index in [9.17, 15) is 9.59 Å². The highest BCUT2D eigenvalue weighted by Gasteiger charge is 2.32. The van der Waals surface area contributed by atoms with Gasteiger partial charge in [0.05, 0.1) is 12.8 Å². The highest BCUT2D eigenvalue weighted by molar-refractivity contribution is 5.99. The predicted molar refractivity (Wildman–Crippen MR) is 96.4 cm³/mol. The first-order valence-corrected chi connectivity index (χ1v) is 8.49. The summed E-state index contributed by atoms with van der Waals surface area (Å²) in [6.07, 6.45) is 2.28. The van der Waals surface area contributed by atoms with E-state index < -0.39 is 6.04 Å². The summed E-state index contributed by atoms with van der Waals surface area (Å²) < 4.78 is 5.30. The van der Waals surface area contributed by atoms with E-state index in [1.807, 2.05) is 42.5 Å². The van der Waals surface area contributed by atoms with E-state index in [-0.39, 0.29) is 11.8 Å². The molecule has 0 aliphatic carbocycles. The number of nitrogens with one attached hydrogen (secondary N) is 1. The summed E-state index contributed by atoms with van der Waals surface area (Å²) >= 11 is 0. The SMILES string of the molecule is COc1ccccc1NC(=O)[C@H](c1ccccc1)N1CCCCC1=O. The summed E-state index contributed by atoms with van der Waals surface area (Å²) in [5.41, 5.74) is 1.41. The summed E-state index contributed by atoms with van der Waals surface area (Å²) in [7, 11) is 1.56.